The van der Waals surface area contributed by atoms with Crippen LogP contribution in [0.15, 0.2) is 18.5 Å². The molecule has 1 atom stereocenters. The maximum absolute atomic E-state index is 5.45. The SMILES string of the molecule is CCCNC(CC(CC)CC)c1ccncc1OC. The Bertz CT molecular complexity index is 350. The molecule has 108 valence electrons. The Labute approximate surface area is 117 Å². The van der Waals surface area contributed by atoms with Gasteiger partial charge in [-0.05, 0) is 31.4 Å². The number of nitrogens with zero attached hydrogens (tertiary/aromatic N) is 1. The number of ether oxygens (including phenoxy) is 1. The lowest BCUT2D eigenvalue weighted by Crippen LogP contribution is -2.25. The van der Waals surface area contributed by atoms with Gasteiger partial charge in [0.2, 0.25) is 0 Å². The van der Waals surface area contributed by atoms with Gasteiger partial charge in [0.15, 0.2) is 0 Å². The molecular weight excluding hydrogens is 236 g/mol. The molecule has 1 unspecified atom stereocenters. The molecule has 0 aliphatic carbocycles. The molecular formula is C16H28N2O. The van der Waals surface area contributed by atoms with Crippen molar-refractivity contribution in [2.24, 2.45) is 5.92 Å². The Kier molecular flexibility index (Phi) is 7.49. The summed E-state index contributed by atoms with van der Waals surface area (Å²) >= 11 is 0. The molecule has 0 aliphatic heterocycles. The van der Waals surface area contributed by atoms with Gasteiger partial charge in [-0.2, -0.15) is 0 Å². The van der Waals surface area contributed by atoms with Gasteiger partial charge >= 0.3 is 0 Å². The summed E-state index contributed by atoms with van der Waals surface area (Å²) in [4.78, 5) is 4.15. The fourth-order valence-corrected chi connectivity index (χ4v) is 2.44. The number of nitrogens with one attached hydrogen (secondary N) is 1. The van der Waals surface area contributed by atoms with E-state index in [1.165, 1.54) is 18.4 Å². The van der Waals surface area contributed by atoms with E-state index in [1.54, 1.807) is 7.11 Å². The zero-order chi connectivity index (χ0) is 14.1. The molecule has 0 fully saturated rings. The van der Waals surface area contributed by atoms with Crippen molar-refractivity contribution in [3.8, 4) is 5.75 Å². The van der Waals surface area contributed by atoms with E-state index in [0.29, 0.717) is 6.04 Å². The van der Waals surface area contributed by atoms with Crippen LogP contribution in [0.4, 0.5) is 0 Å². The third-order valence-electron chi connectivity index (χ3n) is 3.78. The maximum Gasteiger partial charge on any atom is 0.141 e. The number of aromatic nitrogens is 1. The molecule has 3 heteroatoms. The van der Waals surface area contributed by atoms with Gasteiger partial charge in [-0.1, -0.05) is 33.6 Å². The minimum atomic E-state index is 0.364. The Morgan fingerprint density at radius 2 is 2.00 bits per heavy atom. The van der Waals surface area contributed by atoms with Crippen LogP contribution in [0.5, 0.6) is 5.75 Å². The second-order valence-corrected chi connectivity index (χ2v) is 5.04. The van der Waals surface area contributed by atoms with Crippen molar-refractivity contribution in [1.82, 2.24) is 10.3 Å². The summed E-state index contributed by atoms with van der Waals surface area (Å²) in [6, 6.07) is 2.44. The van der Waals surface area contributed by atoms with E-state index in [0.717, 1.165) is 31.1 Å². The highest BCUT2D eigenvalue weighted by Crippen LogP contribution is 2.30. The van der Waals surface area contributed by atoms with Crippen molar-refractivity contribution < 1.29 is 4.74 Å². The first-order valence-electron chi connectivity index (χ1n) is 7.47. The highest BCUT2D eigenvalue weighted by atomic mass is 16.5. The van der Waals surface area contributed by atoms with Crippen molar-refractivity contribution >= 4 is 0 Å². The van der Waals surface area contributed by atoms with Crippen LogP contribution < -0.4 is 10.1 Å². The molecule has 19 heavy (non-hydrogen) atoms. The molecule has 1 rings (SSSR count). The zero-order valence-electron chi connectivity index (χ0n) is 12.8. The van der Waals surface area contributed by atoms with Crippen LogP contribution in [0.1, 0.15) is 58.1 Å². The van der Waals surface area contributed by atoms with Gasteiger partial charge in [-0.3, -0.25) is 4.98 Å². The van der Waals surface area contributed by atoms with Gasteiger partial charge in [-0.15, -0.1) is 0 Å². The van der Waals surface area contributed by atoms with Gasteiger partial charge in [0.1, 0.15) is 5.75 Å². The average molecular weight is 264 g/mol. The molecule has 1 N–H and O–H groups in total. The minimum Gasteiger partial charge on any atom is -0.495 e. The van der Waals surface area contributed by atoms with Gasteiger partial charge in [0.25, 0.3) is 0 Å². The third kappa shape index (κ3) is 4.83. The van der Waals surface area contributed by atoms with Gasteiger partial charge in [0.05, 0.1) is 13.3 Å². The topological polar surface area (TPSA) is 34.2 Å². The molecule has 0 radical (unpaired) electrons. The molecule has 0 amide bonds. The van der Waals surface area contributed by atoms with Crippen molar-refractivity contribution in [3.63, 3.8) is 0 Å². The van der Waals surface area contributed by atoms with Crippen LogP contribution in [-0.4, -0.2) is 18.6 Å². The Morgan fingerprint density at radius 1 is 1.26 bits per heavy atom. The largest absolute Gasteiger partial charge is 0.495 e. The van der Waals surface area contributed by atoms with Crippen molar-refractivity contribution in [3.05, 3.63) is 24.0 Å². The number of hydrogen-bond acceptors (Lipinski definition) is 3. The maximum atomic E-state index is 5.45. The van der Waals surface area contributed by atoms with Crippen LogP contribution in [-0.2, 0) is 0 Å². The van der Waals surface area contributed by atoms with E-state index >= 15 is 0 Å². The fourth-order valence-electron chi connectivity index (χ4n) is 2.44. The van der Waals surface area contributed by atoms with Crippen LogP contribution in [0, 0.1) is 5.92 Å². The molecule has 0 saturated carbocycles. The second-order valence-electron chi connectivity index (χ2n) is 5.04. The van der Waals surface area contributed by atoms with Crippen molar-refractivity contribution in [2.75, 3.05) is 13.7 Å². The molecule has 0 aromatic carbocycles. The predicted octanol–water partition coefficient (Wildman–Crippen LogP) is 3.96. The molecule has 1 aromatic heterocycles. The van der Waals surface area contributed by atoms with Crippen LogP contribution in [0.2, 0.25) is 0 Å². The zero-order valence-corrected chi connectivity index (χ0v) is 12.8. The van der Waals surface area contributed by atoms with E-state index < -0.39 is 0 Å². The summed E-state index contributed by atoms with van der Waals surface area (Å²) in [7, 11) is 1.72. The van der Waals surface area contributed by atoms with E-state index in [1.807, 2.05) is 12.4 Å². The predicted molar refractivity (Wildman–Crippen MR) is 80.5 cm³/mol. The second kappa shape index (κ2) is 8.92. The monoisotopic (exact) mass is 264 g/mol. The smallest absolute Gasteiger partial charge is 0.141 e. The van der Waals surface area contributed by atoms with Crippen LogP contribution in [0.25, 0.3) is 0 Å². The fraction of sp³-hybridized carbons (Fsp3) is 0.688. The summed E-state index contributed by atoms with van der Waals surface area (Å²) in [5.41, 5.74) is 1.23. The number of rotatable bonds is 9. The number of pyridine rings is 1. The Balaban J connectivity index is 2.88. The molecule has 0 saturated heterocycles. The van der Waals surface area contributed by atoms with Crippen LogP contribution >= 0.6 is 0 Å². The van der Waals surface area contributed by atoms with Gasteiger partial charge < -0.3 is 10.1 Å². The van der Waals surface area contributed by atoms with Crippen LogP contribution in [0.3, 0.4) is 0 Å². The first-order chi connectivity index (χ1) is 9.26. The first-order valence-corrected chi connectivity index (χ1v) is 7.47. The molecule has 0 bridgehead atoms. The third-order valence-corrected chi connectivity index (χ3v) is 3.78. The van der Waals surface area contributed by atoms with E-state index in [-0.39, 0.29) is 0 Å². The summed E-state index contributed by atoms with van der Waals surface area (Å²) in [5, 5.41) is 3.65. The highest BCUT2D eigenvalue weighted by molar-refractivity contribution is 5.32. The number of methoxy groups -OCH3 is 1. The normalized spacial score (nSPS) is 12.7. The minimum absolute atomic E-state index is 0.364. The summed E-state index contributed by atoms with van der Waals surface area (Å²) in [5.74, 6) is 1.65. The van der Waals surface area contributed by atoms with E-state index in [9.17, 15) is 0 Å². The van der Waals surface area contributed by atoms with Gasteiger partial charge in [-0.25, -0.2) is 0 Å². The van der Waals surface area contributed by atoms with Gasteiger partial charge in [0, 0.05) is 17.8 Å². The summed E-state index contributed by atoms with van der Waals surface area (Å²) in [6.07, 6.45) is 8.43. The lowest BCUT2D eigenvalue weighted by atomic mass is 9.91. The molecule has 3 nitrogen and oxygen atoms in total. The lowest BCUT2D eigenvalue weighted by molar-refractivity contribution is 0.352. The summed E-state index contributed by atoms with van der Waals surface area (Å²) < 4.78 is 5.45. The molecule has 1 aromatic rings. The standard InChI is InChI=1S/C16H28N2O/c1-5-9-18-15(11-13(6-2)7-3)14-8-10-17-12-16(14)19-4/h8,10,12-13,15,18H,5-7,9,11H2,1-4H3. The van der Waals surface area contributed by atoms with Crippen molar-refractivity contribution in [1.29, 1.82) is 0 Å². The Morgan fingerprint density at radius 3 is 2.58 bits per heavy atom. The molecule has 0 aliphatic rings. The highest BCUT2D eigenvalue weighted by Gasteiger charge is 2.18. The van der Waals surface area contributed by atoms with Crippen molar-refractivity contribution in [2.45, 2.75) is 52.5 Å². The van der Waals surface area contributed by atoms with E-state index in [2.05, 4.69) is 37.1 Å². The lowest BCUT2D eigenvalue weighted by Gasteiger charge is -2.24. The summed E-state index contributed by atoms with van der Waals surface area (Å²) in [6.45, 7) is 7.78. The first kappa shape index (κ1) is 16.0. The Hall–Kier alpha value is -1.09. The van der Waals surface area contributed by atoms with E-state index in [4.69, 9.17) is 4.74 Å². The quantitative estimate of drug-likeness (QED) is 0.733. The average Bonchev–Trinajstić information content (AvgIpc) is 2.47. The number of hydrogen-bond donors (Lipinski definition) is 1. The molecule has 0 spiro atoms. The molecule has 1 heterocycles.